The van der Waals surface area contributed by atoms with Crippen LogP contribution in [0.2, 0.25) is 0 Å². The number of rotatable bonds is 3. The molecule has 0 fully saturated rings. The topological polar surface area (TPSA) is 77.7 Å². The number of allylic oxidation sites excluding steroid dienone is 1. The lowest BCUT2D eigenvalue weighted by atomic mass is 10.1. The second-order valence-corrected chi connectivity index (χ2v) is 5.51. The van der Waals surface area contributed by atoms with E-state index in [1.54, 1.807) is 18.5 Å². The molecule has 5 nitrogen and oxygen atoms in total. The molecule has 22 heavy (non-hydrogen) atoms. The van der Waals surface area contributed by atoms with Crippen molar-refractivity contribution in [2.45, 2.75) is 18.8 Å². The molecule has 0 saturated heterocycles. The quantitative estimate of drug-likeness (QED) is 0.646. The Labute approximate surface area is 127 Å². The van der Waals surface area contributed by atoms with Gasteiger partial charge in [-0.2, -0.15) is 0 Å². The molecule has 0 radical (unpaired) electrons. The summed E-state index contributed by atoms with van der Waals surface area (Å²) in [4.78, 5) is 0. The molecule has 2 aliphatic heterocycles. The molecule has 0 spiro atoms. The van der Waals surface area contributed by atoms with E-state index >= 15 is 0 Å². The standard InChI is InChI=1S/C17H16N2O3/c20-17(21)13-3-5-18-14-9-12(19-16(13)14)7-10-1-2-11-4-6-22-15(11)8-10/h1-6,8-9,14,17-21H,7H2. The van der Waals surface area contributed by atoms with Crippen molar-refractivity contribution in [1.29, 1.82) is 0 Å². The first-order valence-corrected chi connectivity index (χ1v) is 7.17. The molecule has 4 rings (SSSR count). The lowest BCUT2D eigenvalue weighted by Gasteiger charge is -2.21. The maximum Gasteiger partial charge on any atom is 0.180 e. The van der Waals surface area contributed by atoms with Gasteiger partial charge < -0.3 is 25.3 Å². The van der Waals surface area contributed by atoms with Crippen LogP contribution in [0, 0.1) is 0 Å². The molecule has 2 aromatic rings. The van der Waals surface area contributed by atoms with Crippen LogP contribution in [0.25, 0.3) is 11.0 Å². The fourth-order valence-electron chi connectivity index (χ4n) is 2.95. The minimum absolute atomic E-state index is 0.0378. The second kappa shape index (κ2) is 5.05. The number of hydrogen-bond donors (Lipinski definition) is 4. The van der Waals surface area contributed by atoms with Gasteiger partial charge in [-0.3, -0.25) is 0 Å². The van der Waals surface area contributed by atoms with Gasteiger partial charge in [0.25, 0.3) is 0 Å². The maximum absolute atomic E-state index is 9.44. The van der Waals surface area contributed by atoms with Crippen LogP contribution in [0.1, 0.15) is 5.56 Å². The molecule has 0 bridgehead atoms. The number of aliphatic hydroxyl groups is 2. The van der Waals surface area contributed by atoms with Crippen molar-refractivity contribution in [3.05, 3.63) is 71.4 Å². The van der Waals surface area contributed by atoms with E-state index in [0.717, 1.165) is 34.3 Å². The molecule has 0 aliphatic carbocycles. The van der Waals surface area contributed by atoms with E-state index in [1.807, 2.05) is 18.2 Å². The summed E-state index contributed by atoms with van der Waals surface area (Å²) in [6.07, 6.45) is 6.41. The minimum atomic E-state index is -1.48. The van der Waals surface area contributed by atoms with Crippen molar-refractivity contribution in [2.24, 2.45) is 0 Å². The first-order chi connectivity index (χ1) is 10.7. The Morgan fingerprint density at radius 2 is 2.14 bits per heavy atom. The Balaban J connectivity index is 1.58. The van der Waals surface area contributed by atoms with Crippen LogP contribution in [-0.2, 0) is 6.42 Å². The predicted molar refractivity (Wildman–Crippen MR) is 82.5 cm³/mol. The second-order valence-electron chi connectivity index (χ2n) is 5.51. The number of furan rings is 1. The SMILES string of the molecule is OC(O)C1=C2NC(Cc3ccc4ccoc4c3)=CC2NC=C1. The van der Waals surface area contributed by atoms with Crippen molar-refractivity contribution in [3.8, 4) is 0 Å². The van der Waals surface area contributed by atoms with Crippen LogP contribution < -0.4 is 10.6 Å². The summed E-state index contributed by atoms with van der Waals surface area (Å²) in [7, 11) is 0. The van der Waals surface area contributed by atoms with Crippen molar-refractivity contribution >= 4 is 11.0 Å². The Morgan fingerprint density at radius 1 is 1.23 bits per heavy atom. The number of hydrogen-bond acceptors (Lipinski definition) is 5. The van der Waals surface area contributed by atoms with Gasteiger partial charge in [-0.15, -0.1) is 0 Å². The Bertz CT molecular complexity index is 814. The van der Waals surface area contributed by atoms with Crippen molar-refractivity contribution in [2.75, 3.05) is 0 Å². The highest BCUT2D eigenvalue weighted by Crippen LogP contribution is 2.25. The third-order valence-corrected chi connectivity index (χ3v) is 4.02. The van der Waals surface area contributed by atoms with Gasteiger partial charge in [0.15, 0.2) is 6.29 Å². The molecular formula is C17H16N2O3. The first-order valence-electron chi connectivity index (χ1n) is 7.17. The van der Waals surface area contributed by atoms with Gasteiger partial charge in [0.05, 0.1) is 18.0 Å². The van der Waals surface area contributed by atoms with Gasteiger partial charge in [0, 0.05) is 23.1 Å². The molecule has 1 unspecified atom stereocenters. The largest absolute Gasteiger partial charge is 0.464 e. The summed E-state index contributed by atoms with van der Waals surface area (Å²) >= 11 is 0. The first kappa shape index (κ1) is 13.2. The molecule has 112 valence electrons. The number of fused-ring (bicyclic) bond motifs is 2. The number of nitrogens with one attached hydrogen (secondary N) is 2. The van der Waals surface area contributed by atoms with Gasteiger partial charge in [-0.1, -0.05) is 12.1 Å². The Morgan fingerprint density at radius 3 is 3.00 bits per heavy atom. The van der Waals surface area contributed by atoms with Crippen molar-refractivity contribution in [1.82, 2.24) is 10.6 Å². The third kappa shape index (κ3) is 2.20. The highest BCUT2D eigenvalue weighted by atomic mass is 16.5. The highest BCUT2D eigenvalue weighted by Gasteiger charge is 2.27. The Kier molecular flexibility index (Phi) is 3.03. The van der Waals surface area contributed by atoms with E-state index in [4.69, 9.17) is 4.42 Å². The summed E-state index contributed by atoms with van der Waals surface area (Å²) in [5, 5.41) is 26.4. The molecule has 5 heteroatoms. The van der Waals surface area contributed by atoms with E-state index in [9.17, 15) is 10.2 Å². The van der Waals surface area contributed by atoms with E-state index in [-0.39, 0.29) is 6.04 Å². The van der Waals surface area contributed by atoms with Crippen LogP contribution in [0.3, 0.4) is 0 Å². The van der Waals surface area contributed by atoms with Crippen molar-refractivity contribution < 1.29 is 14.6 Å². The number of dihydropyridines is 1. The molecule has 2 aliphatic rings. The van der Waals surface area contributed by atoms with Crippen LogP contribution in [0.4, 0.5) is 0 Å². The van der Waals surface area contributed by atoms with Gasteiger partial charge >= 0.3 is 0 Å². The molecular weight excluding hydrogens is 280 g/mol. The van der Waals surface area contributed by atoms with E-state index in [1.165, 1.54) is 0 Å². The molecule has 1 atom stereocenters. The van der Waals surface area contributed by atoms with Gasteiger partial charge in [0.1, 0.15) is 5.58 Å². The van der Waals surface area contributed by atoms with Gasteiger partial charge in [-0.05, 0) is 36.0 Å². The van der Waals surface area contributed by atoms with Crippen LogP contribution in [0.5, 0.6) is 0 Å². The summed E-state index contributed by atoms with van der Waals surface area (Å²) in [6, 6.07) is 8.05. The lowest BCUT2D eigenvalue weighted by molar-refractivity contribution is -0.00629. The third-order valence-electron chi connectivity index (χ3n) is 4.02. The molecule has 3 heterocycles. The fraction of sp³-hybridized carbons (Fsp3) is 0.176. The average Bonchev–Trinajstić information content (AvgIpc) is 3.11. The maximum atomic E-state index is 9.44. The van der Waals surface area contributed by atoms with Gasteiger partial charge in [0.2, 0.25) is 0 Å². The zero-order valence-corrected chi connectivity index (χ0v) is 11.8. The molecule has 0 amide bonds. The fourth-order valence-corrected chi connectivity index (χ4v) is 2.95. The minimum Gasteiger partial charge on any atom is -0.464 e. The van der Waals surface area contributed by atoms with Crippen LogP contribution in [0.15, 0.2) is 70.3 Å². The van der Waals surface area contributed by atoms with E-state index in [0.29, 0.717) is 5.57 Å². The molecule has 0 saturated carbocycles. The summed E-state index contributed by atoms with van der Waals surface area (Å²) < 4.78 is 5.43. The normalized spacial score (nSPS) is 20.1. The highest BCUT2D eigenvalue weighted by molar-refractivity contribution is 5.77. The van der Waals surface area contributed by atoms with E-state index in [2.05, 4.69) is 22.8 Å². The molecule has 1 aromatic heterocycles. The zero-order chi connectivity index (χ0) is 15.1. The molecule has 1 aromatic carbocycles. The summed E-state index contributed by atoms with van der Waals surface area (Å²) in [5.41, 5.74) is 4.34. The lowest BCUT2D eigenvalue weighted by Crippen LogP contribution is -2.32. The van der Waals surface area contributed by atoms with Crippen molar-refractivity contribution in [3.63, 3.8) is 0 Å². The predicted octanol–water partition coefficient (Wildman–Crippen LogP) is 1.51. The zero-order valence-electron chi connectivity index (χ0n) is 11.8. The number of benzene rings is 1. The Hall–Kier alpha value is -2.50. The monoisotopic (exact) mass is 296 g/mol. The van der Waals surface area contributed by atoms with E-state index < -0.39 is 6.29 Å². The molecule has 4 N–H and O–H groups in total. The smallest absolute Gasteiger partial charge is 0.180 e. The average molecular weight is 296 g/mol. The van der Waals surface area contributed by atoms with Crippen LogP contribution >= 0.6 is 0 Å². The summed E-state index contributed by atoms with van der Waals surface area (Å²) in [6.45, 7) is 0. The van der Waals surface area contributed by atoms with Crippen LogP contribution in [-0.4, -0.2) is 22.5 Å². The summed E-state index contributed by atoms with van der Waals surface area (Å²) in [5.74, 6) is 0. The van der Waals surface area contributed by atoms with Gasteiger partial charge in [-0.25, -0.2) is 0 Å². The number of aliphatic hydroxyl groups excluding tert-OH is 1.